The molecule has 0 spiro atoms. The number of hydrogen-bond donors (Lipinski definition) is 2. The number of rotatable bonds is 6. The molecule has 0 bridgehead atoms. The Morgan fingerprint density at radius 1 is 1.26 bits per heavy atom. The van der Waals surface area contributed by atoms with Gasteiger partial charge in [0.15, 0.2) is 5.96 Å². The second-order valence-electron chi connectivity index (χ2n) is 6.01. The summed E-state index contributed by atoms with van der Waals surface area (Å²) in [6.07, 6.45) is 8.01. The van der Waals surface area contributed by atoms with Gasteiger partial charge >= 0.3 is 0 Å². The predicted octanol–water partition coefficient (Wildman–Crippen LogP) is 4.40. The van der Waals surface area contributed by atoms with Crippen LogP contribution < -0.4 is 15.4 Å². The largest absolute Gasteiger partial charge is 0.439 e. The second kappa shape index (κ2) is 10.9. The lowest BCUT2D eigenvalue weighted by Crippen LogP contribution is -2.42. The first kappa shape index (κ1) is 21.1. The Morgan fingerprint density at radius 2 is 2.07 bits per heavy atom. The Hall–Kier alpha value is -2.16. The Kier molecular flexibility index (Phi) is 8.50. The third-order valence-electron chi connectivity index (χ3n) is 3.96. The van der Waals surface area contributed by atoms with Gasteiger partial charge in [0.25, 0.3) is 0 Å². The quantitative estimate of drug-likeness (QED) is 0.277. The third kappa shape index (κ3) is 6.50. The van der Waals surface area contributed by atoms with Crippen molar-refractivity contribution < 1.29 is 9.13 Å². The molecule has 144 valence electrons. The van der Waals surface area contributed by atoms with Crippen LogP contribution in [0.25, 0.3) is 0 Å². The van der Waals surface area contributed by atoms with E-state index in [1.807, 2.05) is 19.1 Å². The monoisotopic (exact) mass is 482 g/mol. The van der Waals surface area contributed by atoms with Crippen LogP contribution >= 0.6 is 24.0 Å². The van der Waals surface area contributed by atoms with Crippen LogP contribution in [0, 0.1) is 5.82 Å². The summed E-state index contributed by atoms with van der Waals surface area (Å²) >= 11 is 0. The third-order valence-corrected chi connectivity index (χ3v) is 3.96. The molecule has 1 aromatic carbocycles. The van der Waals surface area contributed by atoms with Gasteiger partial charge < -0.3 is 15.4 Å². The van der Waals surface area contributed by atoms with E-state index in [2.05, 4.69) is 32.8 Å². The molecule has 0 amide bonds. The first-order valence-corrected chi connectivity index (χ1v) is 8.81. The summed E-state index contributed by atoms with van der Waals surface area (Å²) < 4.78 is 19.1. The molecule has 1 aromatic heterocycles. The zero-order chi connectivity index (χ0) is 18.2. The van der Waals surface area contributed by atoms with Gasteiger partial charge in [-0.15, -0.1) is 24.0 Å². The number of guanidine groups is 1. The van der Waals surface area contributed by atoms with Crippen LogP contribution in [0.2, 0.25) is 0 Å². The van der Waals surface area contributed by atoms with E-state index in [9.17, 15) is 4.39 Å². The molecule has 0 radical (unpaired) electrons. The van der Waals surface area contributed by atoms with Gasteiger partial charge in [-0.05, 0) is 38.0 Å². The molecule has 5 nitrogen and oxygen atoms in total. The van der Waals surface area contributed by atoms with Gasteiger partial charge in [-0.3, -0.25) is 0 Å². The molecule has 0 atom stereocenters. The van der Waals surface area contributed by atoms with E-state index in [1.165, 1.54) is 12.1 Å². The van der Waals surface area contributed by atoms with Gasteiger partial charge in [-0.2, -0.15) is 0 Å². The highest BCUT2D eigenvalue weighted by Gasteiger charge is 2.12. The van der Waals surface area contributed by atoms with Crippen molar-refractivity contribution in [3.05, 3.63) is 66.1 Å². The SMILES string of the molecule is CCNC(=NCc1cccnc1Oc1cccc(F)c1)NC1CC=CC1.I. The summed E-state index contributed by atoms with van der Waals surface area (Å²) in [6.45, 7) is 3.23. The zero-order valence-corrected chi connectivity index (χ0v) is 17.5. The summed E-state index contributed by atoms with van der Waals surface area (Å²) in [6, 6.07) is 10.1. The molecular formula is C20H24FIN4O. The number of aromatic nitrogens is 1. The number of benzene rings is 1. The molecule has 0 aliphatic heterocycles. The maximum absolute atomic E-state index is 13.4. The molecule has 1 aliphatic carbocycles. The standard InChI is InChI=1S/C20H23FN4O.HI/c1-2-22-20(25-17-9-3-4-10-17)24-14-15-7-6-12-23-19(15)26-18-11-5-8-16(21)13-18;/h3-8,11-13,17H,2,9-10,14H2,1H3,(H2,22,24,25);1H. The number of hydrogen-bond acceptors (Lipinski definition) is 3. The van der Waals surface area contributed by atoms with Crippen LogP contribution in [-0.4, -0.2) is 23.5 Å². The first-order valence-electron chi connectivity index (χ1n) is 8.81. The van der Waals surface area contributed by atoms with Crippen molar-refractivity contribution in [3.8, 4) is 11.6 Å². The van der Waals surface area contributed by atoms with Crippen molar-refractivity contribution in [2.45, 2.75) is 32.4 Å². The Labute approximate surface area is 176 Å². The van der Waals surface area contributed by atoms with Gasteiger partial charge in [-0.25, -0.2) is 14.4 Å². The molecule has 2 aromatic rings. The van der Waals surface area contributed by atoms with Gasteiger partial charge in [0, 0.05) is 30.4 Å². The fourth-order valence-corrected chi connectivity index (χ4v) is 2.69. The summed E-state index contributed by atoms with van der Waals surface area (Å²) in [5, 5.41) is 6.69. The van der Waals surface area contributed by atoms with Crippen molar-refractivity contribution in [2.24, 2.45) is 4.99 Å². The van der Waals surface area contributed by atoms with Crippen LogP contribution in [-0.2, 0) is 6.54 Å². The Morgan fingerprint density at radius 3 is 2.81 bits per heavy atom. The molecule has 1 heterocycles. The fraction of sp³-hybridized carbons (Fsp3) is 0.300. The van der Waals surface area contributed by atoms with Crippen molar-refractivity contribution in [1.82, 2.24) is 15.6 Å². The summed E-state index contributed by atoms with van der Waals surface area (Å²) in [4.78, 5) is 8.91. The highest BCUT2D eigenvalue weighted by Crippen LogP contribution is 2.24. The van der Waals surface area contributed by atoms with Crippen LogP contribution in [0.4, 0.5) is 4.39 Å². The van der Waals surface area contributed by atoms with Crippen molar-refractivity contribution >= 4 is 29.9 Å². The van der Waals surface area contributed by atoms with Crippen molar-refractivity contribution in [3.63, 3.8) is 0 Å². The molecule has 1 aliphatic rings. The number of nitrogens with zero attached hydrogens (tertiary/aromatic N) is 2. The van der Waals surface area contributed by atoms with Gasteiger partial charge in [0.2, 0.25) is 5.88 Å². The van der Waals surface area contributed by atoms with E-state index in [0.717, 1.165) is 30.9 Å². The Bertz CT molecular complexity index is 789. The van der Waals surface area contributed by atoms with Crippen LogP contribution in [0.15, 0.2) is 59.7 Å². The highest BCUT2D eigenvalue weighted by atomic mass is 127. The average molecular weight is 482 g/mol. The predicted molar refractivity (Wildman–Crippen MR) is 116 cm³/mol. The molecule has 0 unspecified atom stereocenters. The lowest BCUT2D eigenvalue weighted by atomic mass is 10.2. The first-order chi connectivity index (χ1) is 12.7. The van der Waals surface area contributed by atoms with E-state index >= 15 is 0 Å². The molecule has 3 rings (SSSR count). The topological polar surface area (TPSA) is 58.5 Å². The minimum Gasteiger partial charge on any atom is -0.439 e. The van der Waals surface area contributed by atoms with E-state index in [4.69, 9.17) is 4.74 Å². The lowest BCUT2D eigenvalue weighted by Gasteiger charge is -2.17. The smallest absolute Gasteiger partial charge is 0.224 e. The maximum Gasteiger partial charge on any atom is 0.224 e. The van der Waals surface area contributed by atoms with Crippen LogP contribution in [0.3, 0.4) is 0 Å². The number of halogens is 2. The summed E-state index contributed by atoms with van der Waals surface area (Å²) in [5.74, 6) is 1.26. The molecule has 0 saturated heterocycles. The van der Waals surface area contributed by atoms with Crippen LogP contribution in [0.5, 0.6) is 11.6 Å². The van der Waals surface area contributed by atoms with E-state index in [-0.39, 0.29) is 29.8 Å². The number of pyridine rings is 1. The lowest BCUT2D eigenvalue weighted by molar-refractivity contribution is 0.452. The molecule has 7 heteroatoms. The number of nitrogens with one attached hydrogen (secondary N) is 2. The molecular weight excluding hydrogens is 458 g/mol. The highest BCUT2D eigenvalue weighted by molar-refractivity contribution is 14.0. The molecule has 0 saturated carbocycles. The van der Waals surface area contributed by atoms with Crippen molar-refractivity contribution in [1.29, 1.82) is 0 Å². The normalized spacial score (nSPS) is 13.9. The van der Waals surface area contributed by atoms with Gasteiger partial charge in [0.1, 0.15) is 11.6 Å². The van der Waals surface area contributed by atoms with Crippen LogP contribution in [0.1, 0.15) is 25.3 Å². The van der Waals surface area contributed by atoms with E-state index in [0.29, 0.717) is 24.2 Å². The maximum atomic E-state index is 13.4. The summed E-state index contributed by atoms with van der Waals surface area (Å²) in [5.41, 5.74) is 0.832. The van der Waals surface area contributed by atoms with E-state index in [1.54, 1.807) is 18.3 Å². The molecule has 2 N–H and O–H groups in total. The zero-order valence-electron chi connectivity index (χ0n) is 15.2. The van der Waals surface area contributed by atoms with E-state index < -0.39 is 0 Å². The van der Waals surface area contributed by atoms with Gasteiger partial charge in [0.05, 0.1) is 6.54 Å². The Balaban J connectivity index is 0.00000261. The molecule has 0 fully saturated rings. The van der Waals surface area contributed by atoms with Crippen molar-refractivity contribution in [2.75, 3.05) is 6.54 Å². The number of aliphatic imine (C=N–C) groups is 1. The molecule has 27 heavy (non-hydrogen) atoms. The fourth-order valence-electron chi connectivity index (χ4n) is 2.69. The van der Waals surface area contributed by atoms with Gasteiger partial charge in [-0.1, -0.05) is 24.3 Å². The minimum atomic E-state index is -0.346. The average Bonchev–Trinajstić information content (AvgIpc) is 3.14. The second-order valence-corrected chi connectivity index (χ2v) is 6.01. The summed E-state index contributed by atoms with van der Waals surface area (Å²) in [7, 11) is 0. The minimum absolute atomic E-state index is 0. The number of ether oxygens (including phenoxy) is 1.